The molecule has 0 spiro atoms. The summed E-state index contributed by atoms with van der Waals surface area (Å²) in [6.45, 7) is 1.21. The minimum absolute atomic E-state index is 0.00399. The van der Waals surface area contributed by atoms with E-state index in [0.29, 0.717) is 11.1 Å². The molecule has 1 heterocycles. The summed E-state index contributed by atoms with van der Waals surface area (Å²) in [6, 6.07) is 10.6. The first kappa shape index (κ1) is 30.8. The van der Waals surface area contributed by atoms with Crippen LogP contribution in [0.3, 0.4) is 0 Å². The summed E-state index contributed by atoms with van der Waals surface area (Å²) >= 11 is 0. The highest BCUT2D eigenvalue weighted by Gasteiger charge is 2.32. The van der Waals surface area contributed by atoms with E-state index in [1.54, 1.807) is 36.5 Å². The summed E-state index contributed by atoms with van der Waals surface area (Å²) in [4.78, 5) is 65.6. The van der Waals surface area contributed by atoms with Gasteiger partial charge in [-0.2, -0.15) is 0 Å². The second-order valence-electron chi connectivity index (χ2n) is 9.72. The molecule has 10 N–H and O–H groups in total. The number of hydrogen-bond donors (Lipinski definition) is 8. The second-order valence-corrected chi connectivity index (χ2v) is 9.72. The molecule has 0 radical (unpaired) electrons. The van der Waals surface area contributed by atoms with E-state index in [2.05, 4.69) is 20.9 Å². The van der Waals surface area contributed by atoms with Crippen LogP contribution in [0.25, 0.3) is 10.9 Å². The van der Waals surface area contributed by atoms with E-state index in [9.17, 15) is 34.2 Å². The van der Waals surface area contributed by atoms with E-state index in [-0.39, 0.29) is 12.8 Å². The molecule has 13 nitrogen and oxygen atoms in total. The van der Waals surface area contributed by atoms with Crippen LogP contribution in [-0.2, 0) is 36.8 Å². The van der Waals surface area contributed by atoms with Crippen molar-refractivity contribution >= 4 is 40.5 Å². The first-order valence-electron chi connectivity index (χ1n) is 12.9. The van der Waals surface area contributed by atoms with Gasteiger partial charge in [-0.25, -0.2) is 4.79 Å². The molecule has 218 valence electrons. The SMILES string of the molecule is CC(O)C(NC(=O)C(Cc1ccccc1)NC(=O)C(Cc1c[nH]c2ccccc12)NC(=O)C(N)CC(N)=O)C(=O)O. The van der Waals surface area contributed by atoms with Crippen molar-refractivity contribution in [3.63, 3.8) is 0 Å². The van der Waals surface area contributed by atoms with Gasteiger partial charge in [-0.1, -0.05) is 48.5 Å². The number of carboxylic acid groups (broad SMARTS) is 1. The zero-order valence-corrected chi connectivity index (χ0v) is 22.4. The summed E-state index contributed by atoms with van der Waals surface area (Å²) in [5.74, 6) is -4.65. The highest BCUT2D eigenvalue weighted by atomic mass is 16.4. The van der Waals surface area contributed by atoms with Crippen LogP contribution in [0.2, 0.25) is 0 Å². The van der Waals surface area contributed by atoms with Gasteiger partial charge in [0.25, 0.3) is 0 Å². The molecule has 0 saturated carbocycles. The molecule has 4 amide bonds. The molecule has 1 aromatic heterocycles. The molecule has 0 aliphatic heterocycles. The summed E-state index contributed by atoms with van der Waals surface area (Å²) in [7, 11) is 0. The largest absolute Gasteiger partial charge is 0.480 e. The smallest absolute Gasteiger partial charge is 0.328 e. The van der Waals surface area contributed by atoms with E-state index >= 15 is 0 Å². The molecule has 13 heteroatoms. The van der Waals surface area contributed by atoms with Gasteiger partial charge < -0.3 is 42.6 Å². The Morgan fingerprint density at radius 1 is 0.854 bits per heavy atom. The van der Waals surface area contributed by atoms with Gasteiger partial charge in [0, 0.05) is 29.9 Å². The lowest BCUT2D eigenvalue weighted by molar-refractivity contribution is -0.145. The number of hydrogen-bond acceptors (Lipinski definition) is 7. The number of aromatic amines is 1. The Hall–Kier alpha value is -4.75. The van der Waals surface area contributed by atoms with Crippen LogP contribution in [-0.4, -0.2) is 75.1 Å². The van der Waals surface area contributed by atoms with Gasteiger partial charge in [0.15, 0.2) is 6.04 Å². The Kier molecular flexibility index (Phi) is 10.6. The van der Waals surface area contributed by atoms with Gasteiger partial charge in [0.1, 0.15) is 12.1 Å². The molecule has 5 unspecified atom stereocenters. The van der Waals surface area contributed by atoms with Crippen LogP contribution in [0.15, 0.2) is 60.8 Å². The summed E-state index contributed by atoms with van der Waals surface area (Å²) < 4.78 is 0. The molecular formula is C28H34N6O7. The third kappa shape index (κ3) is 8.62. The van der Waals surface area contributed by atoms with Crippen LogP contribution >= 0.6 is 0 Å². The van der Waals surface area contributed by atoms with Gasteiger partial charge in [0.05, 0.1) is 18.6 Å². The number of carbonyl (C=O) groups is 5. The Morgan fingerprint density at radius 2 is 1.44 bits per heavy atom. The lowest BCUT2D eigenvalue weighted by atomic mass is 10.0. The van der Waals surface area contributed by atoms with Crippen molar-refractivity contribution in [3.8, 4) is 0 Å². The topological polar surface area (TPSA) is 230 Å². The molecule has 3 rings (SSSR count). The average Bonchev–Trinajstić information content (AvgIpc) is 3.33. The van der Waals surface area contributed by atoms with Gasteiger partial charge in [-0.3, -0.25) is 19.2 Å². The summed E-state index contributed by atoms with van der Waals surface area (Å²) in [6.07, 6.45) is -0.183. The number of carboxylic acids is 1. The first-order chi connectivity index (χ1) is 19.5. The lowest BCUT2D eigenvalue weighted by Gasteiger charge is -2.26. The number of amides is 4. The van der Waals surface area contributed by atoms with Crippen molar-refractivity contribution in [2.75, 3.05) is 0 Å². The number of primary amides is 1. The minimum Gasteiger partial charge on any atom is -0.480 e. The highest BCUT2D eigenvalue weighted by molar-refractivity contribution is 5.96. The molecule has 0 aliphatic rings. The Balaban J connectivity index is 1.90. The molecule has 3 aromatic rings. The third-order valence-electron chi connectivity index (χ3n) is 6.45. The number of aliphatic carboxylic acids is 1. The van der Waals surface area contributed by atoms with Crippen LogP contribution in [0.5, 0.6) is 0 Å². The van der Waals surface area contributed by atoms with Crippen molar-refractivity contribution in [1.82, 2.24) is 20.9 Å². The van der Waals surface area contributed by atoms with Crippen molar-refractivity contribution in [2.24, 2.45) is 11.5 Å². The second kappa shape index (κ2) is 14.1. The molecule has 0 fully saturated rings. The lowest BCUT2D eigenvalue weighted by Crippen LogP contribution is -2.59. The summed E-state index contributed by atoms with van der Waals surface area (Å²) in [5, 5.41) is 27.5. The van der Waals surface area contributed by atoms with Crippen molar-refractivity contribution in [3.05, 3.63) is 71.9 Å². The van der Waals surface area contributed by atoms with E-state index < -0.39 is 66.3 Å². The quantitative estimate of drug-likeness (QED) is 0.121. The Bertz CT molecular complexity index is 1390. The van der Waals surface area contributed by atoms with Gasteiger partial charge in [-0.15, -0.1) is 0 Å². The van der Waals surface area contributed by atoms with Gasteiger partial charge in [0.2, 0.25) is 23.6 Å². The number of para-hydroxylation sites is 1. The first-order valence-corrected chi connectivity index (χ1v) is 12.9. The maximum Gasteiger partial charge on any atom is 0.328 e. The minimum atomic E-state index is -1.62. The fourth-order valence-corrected chi connectivity index (χ4v) is 4.29. The number of aromatic nitrogens is 1. The van der Waals surface area contributed by atoms with Crippen molar-refractivity contribution in [2.45, 2.75) is 56.5 Å². The molecule has 2 aromatic carbocycles. The number of benzene rings is 2. The standard InChI is InChI=1S/C28H34N6O7/c1-15(35)24(28(40)41)34-27(39)21(11-16-7-3-2-4-8-16)33-26(38)22(32-25(37)19(29)13-23(30)36)12-17-14-31-20-10-6-5-9-18(17)20/h2-10,14-15,19,21-22,24,31,35H,11-13,29H2,1H3,(H2,30,36)(H,32,37)(H,33,38)(H,34,39)(H,40,41). The monoisotopic (exact) mass is 566 g/mol. The third-order valence-corrected chi connectivity index (χ3v) is 6.45. The van der Waals surface area contributed by atoms with Gasteiger partial charge in [-0.05, 0) is 24.1 Å². The zero-order chi connectivity index (χ0) is 30.1. The molecule has 0 bridgehead atoms. The maximum absolute atomic E-state index is 13.6. The Morgan fingerprint density at radius 3 is 2.07 bits per heavy atom. The van der Waals surface area contributed by atoms with Crippen LogP contribution < -0.4 is 27.4 Å². The number of nitrogens with two attached hydrogens (primary N) is 2. The predicted molar refractivity (Wildman–Crippen MR) is 149 cm³/mol. The number of carbonyl (C=O) groups excluding carboxylic acids is 4. The van der Waals surface area contributed by atoms with Crippen LogP contribution in [0.4, 0.5) is 0 Å². The maximum atomic E-state index is 13.6. The predicted octanol–water partition coefficient (Wildman–Crippen LogP) is -0.924. The van der Waals surface area contributed by atoms with E-state index in [4.69, 9.17) is 11.5 Å². The van der Waals surface area contributed by atoms with Gasteiger partial charge >= 0.3 is 5.97 Å². The highest BCUT2D eigenvalue weighted by Crippen LogP contribution is 2.19. The molecule has 0 aliphatic carbocycles. The number of fused-ring (bicyclic) bond motifs is 1. The summed E-state index contributed by atoms with van der Waals surface area (Å²) in [5.41, 5.74) is 13.1. The van der Waals surface area contributed by atoms with Crippen LogP contribution in [0.1, 0.15) is 24.5 Å². The number of H-pyrrole nitrogens is 1. The van der Waals surface area contributed by atoms with E-state index in [1.165, 1.54) is 6.92 Å². The fraction of sp³-hybridized carbons (Fsp3) is 0.321. The number of aliphatic hydroxyl groups is 1. The Labute approximate surface area is 235 Å². The normalized spacial score (nSPS) is 14.7. The number of rotatable bonds is 14. The zero-order valence-electron chi connectivity index (χ0n) is 22.4. The number of aliphatic hydroxyl groups excluding tert-OH is 1. The molecular weight excluding hydrogens is 532 g/mol. The number of nitrogens with one attached hydrogen (secondary N) is 4. The molecule has 0 saturated heterocycles. The van der Waals surface area contributed by atoms with Crippen molar-refractivity contribution in [1.29, 1.82) is 0 Å². The molecule has 5 atom stereocenters. The van der Waals surface area contributed by atoms with Crippen LogP contribution in [0, 0.1) is 0 Å². The van der Waals surface area contributed by atoms with E-state index in [1.807, 2.05) is 24.3 Å². The van der Waals surface area contributed by atoms with Crippen molar-refractivity contribution < 1.29 is 34.2 Å². The average molecular weight is 567 g/mol. The van der Waals surface area contributed by atoms with E-state index in [0.717, 1.165) is 10.9 Å². The fourth-order valence-electron chi connectivity index (χ4n) is 4.29. The molecule has 41 heavy (non-hydrogen) atoms.